The molecule has 1 heterocycles. The van der Waals surface area contributed by atoms with Crippen LogP contribution in [0.3, 0.4) is 0 Å². The summed E-state index contributed by atoms with van der Waals surface area (Å²) in [5, 5.41) is 0. The van der Waals surface area contributed by atoms with Gasteiger partial charge in [-0.2, -0.15) is 0 Å². The predicted molar refractivity (Wildman–Crippen MR) is 79.4 cm³/mol. The first-order chi connectivity index (χ1) is 9.02. The van der Waals surface area contributed by atoms with Gasteiger partial charge in [-0.15, -0.1) is 11.6 Å². The lowest BCUT2D eigenvalue weighted by molar-refractivity contribution is 0.0455. The Labute approximate surface area is 120 Å². The summed E-state index contributed by atoms with van der Waals surface area (Å²) >= 11 is 5.77. The fraction of sp³-hybridized carbons (Fsp3) is 0.562. The average Bonchev–Trinajstić information content (AvgIpc) is 2.42. The van der Waals surface area contributed by atoms with Crippen LogP contribution >= 0.6 is 11.6 Å². The summed E-state index contributed by atoms with van der Waals surface area (Å²) < 4.78 is 0. The third-order valence-corrected chi connectivity index (χ3v) is 4.52. The lowest BCUT2D eigenvalue weighted by Crippen LogP contribution is -2.48. The molecule has 1 aliphatic rings. The molecule has 3 heteroatoms. The van der Waals surface area contributed by atoms with Crippen LogP contribution in [0.5, 0.6) is 0 Å². The van der Waals surface area contributed by atoms with E-state index in [1.807, 2.05) is 29.2 Å². The molecular weight excluding hydrogens is 258 g/mol. The van der Waals surface area contributed by atoms with Crippen molar-refractivity contribution in [2.45, 2.75) is 39.1 Å². The molecule has 0 aliphatic carbocycles. The van der Waals surface area contributed by atoms with Crippen LogP contribution in [0.25, 0.3) is 0 Å². The Morgan fingerprint density at radius 3 is 2.47 bits per heavy atom. The van der Waals surface area contributed by atoms with E-state index in [1.54, 1.807) is 0 Å². The Morgan fingerprint density at radius 1 is 1.26 bits per heavy atom. The SMILES string of the molecule is CC1CC(C)C(C)N(C(=O)c2ccc(CCl)cc2)C1. The van der Waals surface area contributed by atoms with E-state index in [4.69, 9.17) is 11.6 Å². The van der Waals surface area contributed by atoms with Gasteiger partial charge in [0.15, 0.2) is 0 Å². The number of nitrogens with zero attached hydrogens (tertiary/aromatic N) is 1. The van der Waals surface area contributed by atoms with Gasteiger partial charge >= 0.3 is 0 Å². The molecule has 0 aromatic heterocycles. The maximum Gasteiger partial charge on any atom is 0.254 e. The average molecular weight is 280 g/mol. The maximum atomic E-state index is 12.6. The first-order valence-corrected chi connectivity index (χ1v) is 7.52. The molecule has 1 aliphatic heterocycles. The molecular formula is C16H22ClNO. The van der Waals surface area contributed by atoms with Crippen LogP contribution in [0.15, 0.2) is 24.3 Å². The maximum absolute atomic E-state index is 12.6. The quantitative estimate of drug-likeness (QED) is 0.751. The zero-order chi connectivity index (χ0) is 14.0. The monoisotopic (exact) mass is 279 g/mol. The van der Waals surface area contributed by atoms with Crippen LogP contribution in [0.1, 0.15) is 43.1 Å². The third kappa shape index (κ3) is 3.11. The van der Waals surface area contributed by atoms with Crippen molar-refractivity contribution in [3.05, 3.63) is 35.4 Å². The van der Waals surface area contributed by atoms with Crippen molar-refractivity contribution in [1.82, 2.24) is 4.90 Å². The molecule has 1 saturated heterocycles. The molecule has 3 unspecified atom stereocenters. The standard InChI is InChI=1S/C16H22ClNO/c1-11-8-12(2)13(3)18(10-11)16(19)15-6-4-14(9-17)5-7-15/h4-7,11-13H,8-10H2,1-3H3. The van der Waals surface area contributed by atoms with Crippen LogP contribution in [-0.4, -0.2) is 23.4 Å². The number of alkyl halides is 1. The second-order valence-corrected chi connectivity index (χ2v) is 6.11. The number of likely N-dealkylation sites (tertiary alicyclic amines) is 1. The van der Waals surface area contributed by atoms with E-state index in [1.165, 1.54) is 6.42 Å². The minimum atomic E-state index is 0.145. The molecule has 19 heavy (non-hydrogen) atoms. The molecule has 0 saturated carbocycles. The molecule has 1 amide bonds. The largest absolute Gasteiger partial charge is 0.335 e. The van der Waals surface area contributed by atoms with Gasteiger partial charge in [0.25, 0.3) is 5.91 Å². The number of carbonyl (C=O) groups excluding carboxylic acids is 1. The van der Waals surface area contributed by atoms with E-state index < -0.39 is 0 Å². The fourth-order valence-electron chi connectivity index (χ4n) is 2.89. The van der Waals surface area contributed by atoms with Gasteiger partial charge in [-0.3, -0.25) is 4.79 Å². The van der Waals surface area contributed by atoms with E-state index in [0.29, 0.717) is 23.8 Å². The van der Waals surface area contributed by atoms with Gasteiger partial charge in [0.05, 0.1) is 0 Å². The molecule has 2 rings (SSSR count). The number of halogens is 1. The molecule has 2 nitrogen and oxygen atoms in total. The molecule has 0 radical (unpaired) electrons. The van der Waals surface area contributed by atoms with Crippen molar-refractivity contribution in [3.8, 4) is 0 Å². The van der Waals surface area contributed by atoms with E-state index in [-0.39, 0.29) is 5.91 Å². The smallest absolute Gasteiger partial charge is 0.254 e. The summed E-state index contributed by atoms with van der Waals surface area (Å²) in [6.07, 6.45) is 1.20. The van der Waals surface area contributed by atoms with Crippen LogP contribution < -0.4 is 0 Å². The Kier molecular flexibility index (Phi) is 4.51. The minimum Gasteiger partial charge on any atom is -0.335 e. The van der Waals surface area contributed by atoms with Crippen LogP contribution in [-0.2, 0) is 5.88 Å². The van der Waals surface area contributed by atoms with E-state index in [9.17, 15) is 4.79 Å². The molecule has 0 N–H and O–H groups in total. The van der Waals surface area contributed by atoms with E-state index in [2.05, 4.69) is 20.8 Å². The summed E-state index contributed by atoms with van der Waals surface area (Å²) in [5.41, 5.74) is 1.81. The molecule has 1 aromatic carbocycles. The molecule has 1 fully saturated rings. The van der Waals surface area contributed by atoms with Crippen molar-refractivity contribution in [1.29, 1.82) is 0 Å². The van der Waals surface area contributed by atoms with Gasteiger partial charge in [0, 0.05) is 24.0 Å². The van der Waals surface area contributed by atoms with Gasteiger partial charge in [-0.1, -0.05) is 26.0 Å². The predicted octanol–water partition coefficient (Wildman–Crippen LogP) is 3.93. The number of rotatable bonds is 2. The van der Waals surface area contributed by atoms with Gasteiger partial charge in [0.2, 0.25) is 0 Å². The molecule has 104 valence electrons. The van der Waals surface area contributed by atoms with Crippen molar-refractivity contribution < 1.29 is 4.79 Å². The number of carbonyl (C=O) groups is 1. The summed E-state index contributed by atoms with van der Waals surface area (Å²) in [4.78, 5) is 14.6. The first kappa shape index (κ1) is 14.4. The minimum absolute atomic E-state index is 0.145. The lowest BCUT2D eigenvalue weighted by atomic mass is 9.85. The zero-order valence-electron chi connectivity index (χ0n) is 11.9. The Bertz CT molecular complexity index is 443. The zero-order valence-corrected chi connectivity index (χ0v) is 12.7. The van der Waals surface area contributed by atoms with Crippen molar-refractivity contribution in [2.75, 3.05) is 6.54 Å². The Morgan fingerprint density at radius 2 is 1.89 bits per heavy atom. The van der Waals surface area contributed by atoms with Crippen LogP contribution in [0, 0.1) is 11.8 Å². The second-order valence-electron chi connectivity index (χ2n) is 5.85. The normalized spacial score (nSPS) is 27.4. The van der Waals surface area contributed by atoms with Crippen molar-refractivity contribution in [3.63, 3.8) is 0 Å². The van der Waals surface area contributed by atoms with Crippen LogP contribution in [0.4, 0.5) is 0 Å². The van der Waals surface area contributed by atoms with Gasteiger partial charge in [0.1, 0.15) is 0 Å². The van der Waals surface area contributed by atoms with Gasteiger partial charge < -0.3 is 4.90 Å². The molecule has 1 aromatic rings. The number of hydrogen-bond acceptors (Lipinski definition) is 1. The number of benzene rings is 1. The lowest BCUT2D eigenvalue weighted by Gasteiger charge is -2.41. The molecule has 0 bridgehead atoms. The summed E-state index contributed by atoms with van der Waals surface area (Å²) in [6, 6.07) is 7.95. The summed E-state index contributed by atoms with van der Waals surface area (Å²) in [7, 11) is 0. The first-order valence-electron chi connectivity index (χ1n) is 6.98. The van der Waals surface area contributed by atoms with Crippen LogP contribution in [0.2, 0.25) is 0 Å². The number of hydrogen-bond donors (Lipinski definition) is 0. The Hall–Kier alpha value is -1.02. The number of piperidine rings is 1. The fourth-order valence-corrected chi connectivity index (χ4v) is 3.06. The third-order valence-electron chi connectivity index (χ3n) is 4.21. The second kappa shape index (κ2) is 5.96. The highest BCUT2D eigenvalue weighted by molar-refractivity contribution is 6.17. The molecule has 3 atom stereocenters. The van der Waals surface area contributed by atoms with Gasteiger partial charge in [-0.05, 0) is 42.9 Å². The highest BCUT2D eigenvalue weighted by Gasteiger charge is 2.32. The van der Waals surface area contributed by atoms with Gasteiger partial charge in [-0.25, -0.2) is 0 Å². The van der Waals surface area contributed by atoms with Crippen molar-refractivity contribution in [2.24, 2.45) is 11.8 Å². The topological polar surface area (TPSA) is 20.3 Å². The Balaban J connectivity index is 2.17. The van der Waals surface area contributed by atoms with E-state index in [0.717, 1.165) is 17.7 Å². The number of amides is 1. The highest BCUT2D eigenvalue weighted by Crippen LogP contribution is 2.28. The summed E-state index contributed by atoms with van der Waals surface area (Å²) in [5.74, 6) is 1.78. The van der Waals surface area contributed by atoms with E-state index >= 15 is 0 Å². The highest BCUT2D eigenvalue weighted by atomic mass is 35.5. The van der Waals surface area contributed by atoms with Crippen molar-refractivity contribution >= 4 is 17.5 Å². The molecule has 0 spiro atoms. The summed E-state index contributed by atoms with van der Waals surface area (Å²) in [6.45, 7) is 7.47.